The van der Waals surface area contributed by atoms with E-state index < -0.39 is 18.0 Å². The summed E-state index contributed by atoms with van der Waals surface area (Å²) in [7, 11) is 0. The highest BCUT2D eigenvalue weighted by molar-refractivity contribution is 5.90. The summed E-state index contributed by atoms with van der Waals surface area (Å²) in [5.41, 5.74) is 1.32. The van der Waals surface area contributed by atoms with Gasteiger partial charge in [-0.1, -0.05) is 19.8 Å². The van der Waals surface area contributed by atoms with Gasteiger partial charge in [-0.25, -0.2) is 14.6 Å². The van der Waals surface area contributed by atoms with Crippen molar-refractivity contribution in [2.75, 3.05) is 5.32 Å². The number of aryl methyl sites for hydroxylation is 2. The molecule has 0 fully saturated rings. The molecular weight excluding hydrogens is 262 g/mol. The van der Waals surface area contributed by atoms with Crippen LogP contribution in [0.15, 0.2) is 0 Å². The summed E-state index contributed by atoms with van der Waals surface area (Å²) in [6.45, 7) is 5.45. The molecule has 0 aliphatic heterocycles. The van der Waals surface area contributed by atoms with E-state index in [1.165, 1.54) is 0 Å². The number of carboxylic acids is 1. The summed E-state index contributed by atoms with van der Waals surface area (Å²) in [6.07, 6.45) is 1.96. The Bertz CT molecular complexity index is 492. The number of aliphatic carboxylic acids is 1. The predicted octanol–water partition coefficient (Wildman–Crippen LogP) is 1.25. The van der Waals surface area contributed by atoms with Gasteiger partial charge in [0.05, 0.1) is 11.4 Å². The largest absolute Gasteiger partial charge is 0.480 e. The molecule has 1 aromatic rings. The molecular formula is C12H19N5O3. The molecule has 0 spiro atoms. The Hall–Kier alpha value is -2.25. The van der Waals surface area contributed by atoms with E-state index in [-0.39, 0.29) is 5.95 Å². The number of anilines is 1. The minimum Gasteiger partial charge on any atom is -0.480 e. The quantitative estimate of drug-likeness (QED) is 0.722. The zero-order chi connectivity index (χ0) is 15.1. The second-order valence-electron chi connectivity index (χ2n) is 4.44. The molecule has 0 saturated carbocycles. The lowest BCUT2D eigenvalue weighted by Crippen LogP contribution is -2.43. The molecule has 20 heavy (non-hydrogen) atoms. The van der Waals surface area contributed by atoms with E-state index in [4.69, 9.17) is 5.11 Å². The molecule has 1 rings (SSSR count). The van der Waals surface area contributed by atoms with Crippen molar-refractivity contribution in [3.05, 3.63) is 11.4 Å². The zero-order valence-electron chi connectivity index (χ0n) is 11.8. The van der Waals surface area contributed by atoms with Crippen molar-refractivity contribution < 1.29 is 14.7 Å². The fourth-order valence-corrected chi connectivity index (χ4v) is 1.47. The molecule has 1 aromatic heterocycles. The first kappa shape index (κ1) is 15.8. The lowest BCUT2D eigenvalue weighted by Gasteiger charge is -2.14. The summed E-state index contributed by atoms with van der Waals surface area (Å²) >= 11 is 0. The van der Waals surface area contributed by atoms with Crippen molar-refractivity contribution in [1.82, 2.24) is 20.5 Å². The number of carbonyl (C=O) groups is 2. The van der Waals surface area contributed by atoms with Crippen LogP contribution in [0.1, 0.15) is 37.6 Å². The van der Waals surface area contributed by atoms with Gasteiger partial charge in [-0.3, -0.25) is 5.32 Å². The number of carboxylic acid groups (broad SMARTS) is 1. The standard InChI is InChI=1S/C12H19N5O3/c1-4-5-6-9(10(18)19)14-12(20)15-11-13-7(2)8(3)16-17-11/h9H,4-6H2,1-3H3,(H,18,19)(H2,13,14,15,17,20). The van der Waals surface area contributed by atoms with Gasteiger partial charge in [0.2, 0.25) is 0 Å². The first-order chi connectivity index (χ1) is 9.43. The molecule has 8 heteroatoms. The van der Waals surface area contributed by atoms with Crippen molar-refractivity contribution in [3.63, 3.8) is 0 Å². The average molecular weight is 281 g/mol. The number of aromatic nitrogens is 3. The maximum Gasteiger partial charge on any atom is 0.326 e. The molecule has 110 valence electrons. The number of urea groups is 1. The molecule has 1 heterocycles. The van der Waals surface area contributed by atoms with E-state index in [1.807, 2.05) is 6.92 Å². The second-order valence-corrected chi connectivity index (χ2v) is 4.44. The third-order valence-corrected chi connectivity index (χ3v) is 2.77. The Morgan fingerprint density at radius 2 is 1.95 bits per heavy atom. The van der Waals surface area contributed by atoms with Crippen molar-refractivity contribution in [2.24, 2.45) is 0 Å². The van der Waals surface area contributed by atoms with Crippen molar-refractivity contribution in [1.29, 1.82) is 0 Å². The van der Waals surface area contributed by atoms with Crippen molar-refractivity contribution in [3.8, 4) is 0 Å². The van der Waals surface area contributed by atoms with E-state index in [2.05, 4.69) is 25.8 Å². The van der Waals surface area contributed by atoms with Gasteiger partial charge in [0.25, 0.3) is 5.95 Å². The SMILES string of the molecule is CCCCC(NC(=O)Nc1nnc(C)c(C)n1)C(=O)O. The zero-order valence-corrected chi connectivity index (χ0v) is 11.8. The minimum atomic E-state index is -1.06. The third kappa shape index (κ3) is 4.79. The number of rotatable bonds is 6. The normalized spacial score (nSPS) is 11.8. The molecule has 0 bridgehead atoms. The van der Waals surface area contributed by atoms with Crippen LogP contribution < -0.4 is 10.6 Å². The van der Waals surface area contributed by atoms with Gasteiger partial charge in [0.15, 0.2) is 0 Å². The van der Waals surface area contributed by atoms with E-state index in [9.17, 15) is 9.59 Å². The van der Waals surface area contributed by atoms with Gasteiger partial charge in [-0.15, -0.1) is 5.10 Å². The van der Waals surface area contributed by atoms with Gasteiger partial charge in [0, 0.05) is 0 Å². The van der Waals surface area contributed by atoms with Gasteiger partial charge in [-0.05, 0) is 20.3 Å². The number of hydrogen-bond donors (Lipinski definition) is 3. The maximum atomic E-state index is 11.7. The van der Waals surface area contributed by atoms with E-state index in [1.54, 1.807) is 13.8 Å². The number of hydrogen-bond acceptors (Lipinski definition) is 5. The van der Waals surface area contributed by atoms with Gasteiger partial charge >= 0.3 is 12.0 Å². The number of amides is 2. The Kier molecular flexibility index (Phi) is 5.82. The Balaban J connectivity index is 2.60. The highest BCUT2D eigenvalue weighted by atomic mass is 16.4. The maximum absolute atomic E-state index is 11.7. The Morgan fingerprint density at radius 1 is 1.25 bits per heavy atom. The van der Waals surface area contributed by atoms with Crippen LogP contribution in [0.2, 0.25) is 0 Å². The third-order valence-electron chi connectivity index (χ3n) is 2.77. The number of nitrogens with one attached hydrogen (secondary N) is 2. The molecule has 0 aliphatic carbocycles. The van der Waals surface area contributed by atoms with Crippen molar-refractivity contribution in [2.45, 2.75) is 46.1 Å². The van der Waals surface area contributed by atoms with E-state index in [0.717, 1.165) is 12.8 Å². The second kappa shape index (κ2) is 7.37. The predicted molar refractivity (Wildman–Crippen MR) is 72.4 cm³/mol. The first-order valence-corrected chi connectivity index (χ1v) is 6.42. The fraction of sp³-hybridized carbons (Fsp3) is 0.583. The Morgan fingerprint density at radius 3 is 2.50 bits per heavy atom. The van der Waals surface area contributed by atoms with Gasteiger partial charge in [0.1, 0.15) is 6.04 Å². The fourth-order valence-electron chi connectivity index (χ4n) is 1.47. The van der Waals surface area contributed by atoms with Crippen LogP contribution in [-0.4, -0.2) is 38.3 Å². The van der Waals surface area contributed by atoms with Crippen LogP contribution in [0.4, 0.5) is 10.7 Å². The first-order valence-electron chi connectivity index (χ1n) is 6.42. The monoisotopic (exact) mass is 281 g/mol. The molecule has 8 nitrogen and oxygen atoms in total. The van der Waals surface area contributed by atoms with Gasteiger partial charge < -0.3 is 10.4 Å². The average Bonchev–Trinajstić information content (AvgIpc) is 2.38. The van der Waals surface area contributed by atoms with Crippen LogP contribution >= 0.6 is 0 Å². The number of unbranched alkanes of at least 4 members (excludes halogenated alkanes) is 1. The molecule has 1 unspecified atom stereocenters. The lowest BCUT2D eigenvalue weighted by molar-refractivity contribution is -0.139. The van der Waals surface area contributed by atoms with Crippen LogP contribution in [0.3, 0.4) is 0 Å². The number of nitrogens with zero attached hydrogens (tertiary/aromatic N) is 3. The minimum absolute atomic E-state index is 0.0465. The molecule has 0 aliphatic rings. The van der Waals surface area contributed by atoms with Crippen LogP contribution in [0, 0.1) is 13.8 Å². The number of carbonyl (C=O) groups excluding carboxylic acids is 1. The van der Waals surface area contributed by atoms with Gasteiger partial charge in [-0.2, -0.15) is 5.10 Å². The van der Waals surface area contributed by atoms with Crippen molar-refractivity contribution >= 4 is 17.9 Å². The van der Waals surface area contributed by atoms with Crippen LogP contribution in [0.25, 0.3) is 0 Å². The topological polar surface area (TPSA) is 117 Å². The van der Waals surface area contributed by atoms with Crippen LogP contribution in [0.5, 0.6) is 0 Å². The highest BCUT2D eigenvalue weighted by Crippen LogP contribution is 2.03. The van der Waals surface area contributed by atoms with Crippen LogP contribution in [-0.2, 0) is 4.79 Å². The van der Waals surface area contributed by atoms with E-state index >= 15 is 0 Å². The molecule has 2 amide bonds. The summed E-state index contributed by atoms with van der Waals surface area (Å²) in [6, 6.07) is -1.58. The molecule has 1 atom stereocenters. The van der Waals surface area contributed by atoms with E-state index in [0.29, 0.717) is 17.8 Å². The summed E-state index contributed by atoms with van der Waals surface area (Å²) in [5.74, 6) is -1.02. The highest BCUT2D eigenvalue weighted by Gasteiger charge is 2.19. The lowest BCUT2D eigenvalue weighted by atomic mass is 10.1. The summed E-state index contributed by atoms with van der Waals surface area (Å²) in [4.78, 5) is 26.7. The summed E-state index contributed by atoms with van der Waals surface area (Å²) in [5, 5.41) is 21.3. The molecule has 0 saturated heterocycles. The molecule has 0 aromatic carbocycles. The smallest absolute Gasteiger partial charge is 0.326 e. The molecule has 3 N–H and O–H groups in total. The Labute approximate surface area is 117 Å². The molecule has 0 radical (unpaired) electrons. The summed E-state index contributed by atoms with van der Waals surface area (Å²) < 4.78 is 0.